The molecule has 0 unspecified atom stereocenters. The molecule has 3 rings (SSSR count). The molecule has 0 heterocycles. The molecule has 0 spiro atoms. The second-order valence-electron chi connectivity index (χ2n) is 4.82. The van der Waals surface area contributed by atoms with Crippen molar-refractivity contribution in [3.8, 4) is 0 Å². The lowest BCUT2D eigenvalue weighted by molar-refractivity contribution is 1.08. The topological polar surface area (TPSA) is 12.4 Å². The minimum absolute atomic E-state index is 0.265. The highest BCUT2D eigenvalue weighted by Gasteiger charge is 2.04. The van der Waals surface area contributed by atoms with Crippen molar-refractivity contribution in [3.05, 3.63) is 95.5 Å². The van der Waals surface area contributed by atoms with Crippen LogP contribution in [0.4, 0.5) is 0 Å². The van der Waals surface area contributed by atoms with Crippen molar-refractivity contribution in [3.63, 3.8) is 0 Å². The van der Waals surface area contributed by atoms with Gasteiger partial charge in [-0.1, -0.05) is 60.1 Å². The third-order valence-corrected chi connectivity index (χ3v) is 5.30. The van der Waals surface area contributed by atoms with Crippen molar-refractivity contribution < 1.29 is 0 Å². The Bertz CT molecular complexity index is 711. The van der Waals surface area contributed by atoms with Crippen LogP contribution in [0.2, 0.25) is 5.02 Å². The Labute approximate surface area is 138 Å². The average molecular weight is 326 g/mol. The van der Waals surface area contributed by atoms with Gasteiger partial charge in [-0.15, -0.1) is 0 Å². The lowest BCUT2D eigenvalue weighted by Crippen LogP contribution is -1.94. The monoisotopic (exact) mass is 325 g/mol. The summed E-state index contributed by atoms with van der Waals surface area (Å²) in [5, 5.41) is 0.758. The summed E-state index contributed by atoms with van der Waals surface area (Å²) in [6.45, 7) is 0.685. The number of hydrogen-bond donors (Lipinski definition) is 0. The molecule has 0 saturated heterocycles. The average Bonchev–Trinajstić information content (AvgIpc) is 2.59. The van der Waals surface area contributed by atoms with E-state index < -0.39 is 0 Å². The van der Waals surface area contributed by atoms with Gasteiger partial charge in [0.25, 0.3) is 0 Å². The van der Waals surface area contributed by atoms with Crippen LogP contribution in [0.25, 0.3) is 0 Å². The lowest BCUT2D eigenvalue weighted by atomic mass is 10.2. The van der Waals surface area contributed by atoms with Crippen LogP contribution < -0.4 is 0 Å². The van der Waals surface area contributed by atoms with E-state index in [1.165, 1.54) is 15.4 Å². The van der Waals surface area contributed by atoms with E-state index in [1.54, 1.807) is 0 Å². The van der Waals surface area contributed by atoms with Gasteiger partial charge in [0.05, 0.1) is 6.54 Å². The maximum absolute atomic E-state index is 5.94. The molecule has 1 nitrogen and oxygen atoms in total. The van der Waals surface area contributed by atoms with Crippen molar-refractivity contribution in [2.45, 2.75) is 16.3 Å². The predicted molar refractivity (Wildman–Crippen MR) is 94.4 cm³/mol. The molecule has 0 saturated carbocycles. The van der Waals surface area contributed by atoms with Crippen LogP contribution >= 0.6 is 11.6 Å². The molecule has 0 radical (unpaired) electrons. The highest BCUT2D eigenvalue weighted by molar-refractivity contribution is 7.87. The maximum Gasteiger partial charge on any atom is 0.0716 e. The van der Waals surface area contributed by atoms with Gasteiger partial charge in [-0.3, -0.25) is 4.36 Å². The van der Waals surface area contributed by atoms with Gasteiger partial charge < -0.3 is 0 Å². The minimum Gasteiger partial charge on any atom is -0.251 e. The summed E-state index contributed by atoms with van der Waals surface area (Å²) in [5.41, 5.74) is 1.17. The maximum atomic E-state index is 5.94. The van der Waals surface area contributed by atoms with E-state index in [9.17, 15) is 0 Å². The number of nitrogens with zero attached hydrogens (tertiary/aromatic N) is 1. The largest absolute Gasteiger partial charge is 0.251 e. The second kappa shape index (κ2) is 7.39. The minimum atomic E-state index is -0.265. The second-order valence-corrected chi connectivity index (χ2v) is 7.03. The van der Waals surface area contributed by atoms with Crippen LogP contribution in [-0.4, -0.2) is 0 Å². The summed E-state index contributed by atoms with van der Waals surface area (Å²) < 4.78 is 4.95. The quantitative estimate of drug-likeness (QED) is 0.578. The molecule has 0 aliphatic heterocycles. The summed E-state index contributed by atoms with van der Waals surface area (Å²) in [6, 6.07) is 28.8. The van der Waals surface area contributed by atoms with Crippen molar-refractivity contribution >= 4 is 22.3 Å². The molecule has 3 aromatic carbocycles. The van der Waals surface area contributed by atoms with Gasteiger partial charge in [-0.05, 0) is 52.7 Å². The molecule has 0 atom stereocenters. The predicted octanol–water partition coefficient (Wildman–Crippen LogP) is 5.76. The van der Waals surface area contributed by atoms with Crippen LogP contribution in [0, 0.1) is 0 Å². The molecule has 3 aromatic rings. The summed E-state index contributed by atoms with van der Waals surface area (Å²) in [5.74, 6) is 0. The number of rotatable bonds is 4. The zero-order valence-electron chi connectivity index (χ0n) is 12.0. The van der Waals surface area contributed by atoms with E-state index in [1.807, 2.05) is 36.4 Å². The molecule has 0 aromatic heterocycles. The zero-order valence-corrected chi connectivity index (χ0v) is 13.6. The van der Waals surface area contributed by atoms with E-state index in [-0.39, 0.29) is 10.7 Å². The molecular weight excluding hydrogens is 310 g/mol. The fraction of sp³-hybridized carbons (Fsp3) is 0.0526. The molecule has 0 N–H and O–H groups in total. The highest BCUT2D eigenvalue weighted by atomic mass is 35.5. The number of hydrogen-bond acceptors (Lipinski definition) is 1. The third-order valence-electron chi connectivity index (χ3n) is 3.22. The van der Waals surface area contributed by atoms with Gasteiger partial charge in [0.1, 0.15) is 0 Å². The van der Waals surface area contributed by atoms with E-state index in [4.69, 9.17) is 16.0 Å². The van der Waals surface area contributed by atoms with Gasteiger partial charge >= 0.3 is 0 Å². The normalized spacial score (nSPS) is 10.6. The third kappa shape index (κ3) is 3.85. The summed E-state index contributed by atoms with van der Waals surface area (Å²) in [6.07, 6.45) is 0. The Morgan fingerprint density at radius 3 is 1.68 bits per heavy atom. The van der Waals surface area contributed by atoms with E-state index in [0.717, 1.165) is 5.02 Å². The Hall–Kier alpha value is -1.90. The van der Waals surface area contributed by atoms with Crippen molar-refractivity contribution in [1.82, 2.24) is 0 Å². The Kier molecular flexibility index (Phi) is 5.04. The molecule has 110 valence electrons. The molecule has 0 bridgehead atoms. The first-order chi connectivity index (χ1) is 10.8. The van der Waals surface area contributed by atoms with Gasteiger partial charge in [-0.2, -0.15) is 0 Å². The molecular formula is C19H16ClNS. The summed E-state index contributed by atoms with van der Waals surface area (Å²) in [7, 11) is -0.265. The van der Waals surface area contributed by atoms with E-state index in [2.05, 4.69) is 48.5 Å². The Morgan fingerprint density at radius 1 is 0.682 bits per heavy atom. The first-order valence-electron chi connectivity index (χ1n) is 7.09. The van der Waals surface area contributed by atoms with Crippen molar-refractivity contribution in [2.75, 3.05) is 0 Å². The fourth-order valence-electron chi connectivity index (χ4n) is 2.11. The SMILES string of the molecule is Clc1ccc(CN=S(c2ccccc2)c2ccccc2)cc1. The van der Waals surface area contributed by atoms with Crippen LogP contribution in [0.1, 0.15) is 5.56 Å². The molecule has 0 aliphatic rings. The van der Waals surface area contributed by atoms with Crippen LogP contribution in [-0.2, 0) is 17.2 Å². The zero-order chi connectivity index (χ0) is 15.2. The van der Waals surface area contributed by atoms with E-state index in [0.29, 0.717) is 6.54 Å². The first-order valence-corrected chi connectivity index (χ1v) is 8.65. The van der Waals surface area contributed by atoms with Crippen molar-refractivity contribution in [1.29, 1.82) is 0 Å². The highest BCUT2D eigenvalue weighted by Crippen LogP contribution is 2.20. The van der Waals surface area contributed by atoms with Gasteiger partial charge in [0, 0.05) is 14.8 Å². The summed E-state index contributed by atoms with van der Waals surface area (Å²) in [4.78, 5) is 2.48. The van der Waals surface area contributed by atoms with Crippen LogP contribution in [0.3, 0.4) is 0 Å². The van der Waals surface area contributed by atoms with Crippen molar-refractivity contribution in [2.24, 2.45) is 4.36 Å². The fourth-order valence-corrected chi connectivity index (χ4v) is 3.92. The van der Waals surface area contributed by atoms with Crippen LogP contribution in [0.15, 0.2) is 99.1 Å². The molecule has 0 amide bonds. The van der Waals surface area contributed by atoms with Gasteiger partial charge in [-0.25, -0.2) is 0 Å². The molecule has 3 heteroatoms. The van der Waals surface area contributed by atoms with Gasteiger partial charge in [0.2, 0.25) is 0 Å². The first kappa shape index (κ1) is 15.0. The Morgan fingerprint density at radius 2 is 1.18 bits per heavy atom. The Balaban J connectivity index is 1.95. The van der Waals surface area contributed by atoms with Gasteiger partial charge in [0.15, 0.2) is 0 Å². The lowest BCUT2D eigenvalue weighted by Gasteiger charge is -2.09. The smallest absolute Gasteiger partial charge is 0.0716 e. The number of halogens is 1. The molecule has 22 heavy (non-hydrogen) atoms. The number of benzene rings is 3. The van der Waals surface area contributed by atoms with Crippen LogP contribution in [0.5, 0.6) is 0 Å². The van der Waals surface area contributed by atoms with E-state index >= 15 is 0 Å². The standard InChI is InChI=1S/C19H16ClNS/c20-17-13-11-16(12-14-17)15-21-22(18-7-3-1-4-8-18)19-9-5-2-6-10-19/h1-14H,15H2. The molecule has 0 fully saturated rings. The molecule has 0 aliphatic carbocycles. The summed E-state index contributed by atoms with van der Waals surface area (Å²) >= 11 is 5.94.